The predicted octanol–water partition coefficient (Wildman–Crippen LogP) is 2.05. The molecule has 2 heterocycles. The number of hydrogen-bond acceptors (Lipinski definition) is 2. The summed E-state index contributed by atoms with van der Waals surface area (Å²) in [6.07, 6.45) is 5.59. The summed E-state index contributed by atoms with van der Waals surface area (Å²) in [4.78, 5) is 0. The number of aromatic nitrogens is 4. The minimum absolute atomic E-state index is 0.536. The van der Waals surface area contributed by atoms with E-state index in [0.29, 0.717) is 5.15 Å². The number of hydrogen-bond donors (Lipinski definition) is 0. The van der Waals surface area contributed by atoms with Crippen molar-refractivity contribution in [3.8, 4) is 5.69 Å². The van der Waals surface area contributed by atoms with E-state index in [1.807, 2.05) is 30.9 Å². The first kappa shape index (κ1) is 9.27. The van der Waals surface area contributed by atoms with Crippen LogP contribution < -0.4 is 0 Å². The molecule has 2 aromatic rings. The standard InChI is InChI=1S/C9H11ClN4/c1-3-13-6-8(4-11-13)14-5-7(2)9(10)12-14/h4-6H,3H2,1-2H3. The highest BCUT2D eigenvalue weighted by molar-refractivity contribution is 6.30. The average Bonchev–Trinajstić information content (AvgIpc) is 2.74. The summed E-state index contributed by atoms with van der Waals surface area (Å²) in [6.45, 7) is 4.82. The third-order valence-electron chi connectivity index (χ3n) is 2.05. The Morgan fingerprint density at radius 1 is 1.43 bits per heavy atom. The molecule has 0 aliphatic rings. The lowest BCUT2D eigenvalue weighted by Gasteiger charge is -1.93. The van der Waals surface area contributed by atoms with Crippen LogP contribution in [-0.4, -0.2) is 19.6 Å². The monoisotopic (exact) mass is 210 g/mol. The summed E-state index contributed by atoms with van der Waals surface area (Å²) in [5.74, 6) is 0. The van der Waals surface area contributed by atoms with E-state index in [-0.39, 0.29) is 0 Å². The van der Waals surface area contributed by atoms with E-state index in [9.17, 15) is 0 Å². The molecule has 0 saturated heterocycles. The largest absolute Gasteiger partial charge is 0.271 e. The second kappa shape index (κ2) is 3.46. The van der Waals surface area contributed by atoms with Crippen LogP contribution in [0.1, 0.15) is 12.5 Å². The van der Waals surface area contributed by atoms with Crippen molar-refractivity contribution < 1.29 is 0 Å². The molecule has 2 rings (SSSR count). The normalized spacial score (nSPS) is 10.8. The van der Waals surface area contributed by atoms with E-state index in [1.165, 1.54) is 0 Å². The van der Waals surface area contributed by atoms with Gasteiger partial charge in [-0.15, -0.1) is 0 Å². The Kier molecular flexibility index (Phi) is 2.29. The van der Waals surface area contributed by atoms with Gasteiger partial charge in [-0.1, -0.05) is 11.6 Å². The minimum atomic E-state index is 0.536. The van der Waals surface area contributed by atoms with Crippen molar-refractivity contribution in [1.82, 2.24) is 19.6 Å². The molecule has 0 amide bonds. The molecule has 0 saturated carbocycles. The molecule has 4 nitrogen and oxygen atoms in total. The van der Waals surface area contributed by atoms with Crippen LogP contribution in [0.2, 0.25) is 5.15 Å². The lowest BCUT2D eigenvalue weighted by Crippen LogP contribution is -1.94. The van der Waals surface area contributed by atoms with Crippen LogP contribution >= 0.6 is 11.6 Å². The number of rotatable bonds is 2. The highest BCUT2D eigenvalue weighted by atomic mass is 35.5. The number of aryl methyl sites for hydroxylation is 2. The Labute approximate surface area is 87.1 Å². The van der Waals surface area contributed by atoms with Crippen LogP contribution in [0, 0.1) is 6.92 Å². The molecule has 2 aromatic heterocycles. The molecule has 0 fully saturated rings. The number of halogens is 1. The van der Waals surface area contributed by atoms with E-state index < -0.39 is 0 Å². The Balaban J connectivity index is 2.39. The molecule has 0 aliphatic carbocycles. The predicted molar refractivity (Wildman–Crippen MR) is 54.8 cm³/mol. The quantitative estimate of drug-likeness (QED) is 0.761. The Bertz CT molecular complexity index is 424. The second-order valence-corrected chi connectivity index (χ2v) is 3.46. The first-order valence-corrected chi connectivity index (χ1v) is 4.83. The van der Waals surface area contributed by atoms with Gasteiger partial charge in [0.05, 0.1) is 12.4 Å². The van der Waals surface area contributed by atoms with E-state index in [2.05, 4.69) is 10.2 Å². The molecule has 0 unspecified atom stereocenters. The molecular formula is C9H11ClN4. The van der Waals surface area contributed by atoms with Crippen molar-refractivity contribution >= 4 is 11.6 Å². The van der Waals surface area contributed by atoms with Gasteiger partial charge in [-0.2, -0.15) is 10.2 Å². The van der Waals surface area contributed by atoms with Crippen molar-refractivity contribution in [3.63, 3.8) is 0 Å². The summed E-state index contributed by atoms with van der Waals surface area (Å²) in [7, 11) is 0. The Hall–Kier alpha value is -1.29. The van der Waals surface area contributed by atoms with Gasteiger partial charge in [0.15, 0.2) is 5.15 Å². The van der Waals surface area contributed by atoms with Crippen molar-refractivity contribution in [3.05, 3.63) is 29.3 Å². The maximum Gasteiger partial charge on any atom is 0.154 e. The van der Waals surface area contributed by atoms with Gasteiger partial charge < -0.3 is 0 Å². The van der Waals surface area contributed by atoms with E-state index in [4.69, 9.17) is 11.6 Å². The maximum absolute atomic E-state index is 5.86. The topological polar surface area (TPSA) is 35.6 Å². The SMILES string of the molecule is CCn1cc(-n2cc(C)c(Cl)n2)cn1. The van der Waals surface area contributed by atoms with Crippen LogP contribution in [0.15, 0.2) is 18.6 Å². The van der Waals surface area contributed by atoms with E-state index in [0.717, 1.165) is 17.8 Å². The average molecular weight is 211 g/mol. The van der Waals surface area contributed by atoms with E-state index >= 15 is 0 Å². The maximum atomic E-state index is 5.86. The summed E-state index contributed by atoms with van der Waals surface area (Å²) in [5, 5.41) is 8.86. The van der Waals surface area contributed by atoms with Gasteiger partial charge in [0.1, 0.15) is 5.69 Å². The van der Waals surface area contributed by atoms with Crippen LogP contribution in [0.25, 0.3) is 5.69 Å². The number of nitrogens with zero attached hydrogens (tertiary/aromatic N) is 4. The lowest BCUT2D eigenvalue weighted by molar-refractivity contribution is 0.659. The summed E-state index contributed by atoms with van der Waals surface area (Å²) >= 11 is 5.86. The highest BCUT2D eigenvalue weighted by Crippen LogP contribution is 2.14. The van der Waals surface area contributed by atoms with Gasteiger partial charge >= 0.3 is 0 Å². The van der Waals surface area contributed by atoms with Gasteiger partial charge in [-0.25, -0.2) is 4.68 Å². The Morgan fingerprint density at radius 2 is 2.21 bits per heavy atom. The zero-order valence-corrected chi connectivity index (χ0v) is 8.86. The molecule has 0 atom stereocenters. The van der Waals surface area contributed by atoms with Crippen molar-refractivity contribution in [1.29, 1.82) is 0 Å². The molecule has 0 aromatic carbocycles. The fourth-order valence-electron chi connectivity index (χ4n) is 1.22. The summed E-state index contributed by atoms with van der Waals surface area (Å²) < 4.78 is 3.58. The van der Waals surface area contributed by atoms with Crippen LogP contribution in [0.5, 0.6) is 0 Å². The molecule has 0 N–H and O–H groups in total. The van der Waals surface area contributed by atoms with Crippen LogP contribution in [0.4, 0.5) is 0 Å². The van der Waals surface area contributed by atoms with E-state index in [1.54, 1.807) is 10.9 Å². The van der Waals surface area contributed by atoms with Gasteiger partial charge in [-0.3, -0.25) is 4.68 Å². The van der Waals surface area contributed by atoms with Gasteiger partial charge in [0, 0.05) is 18.3 Å². The second-order valence-electron chi connectivity index (χ2n) is 3.10. The van der Waals surface area contributed by atoms with Crippen molar-refractivity contribution in [2.24, 2.45) is 0 Å². The summed E-state index contributed by atoms with van der Waals surface area (Å²) in [5.41, 5.74) is 1.90. The molecule has 14 heavy (non-hydrogen) atoms. The van der Waals surface area contributed by atoms with Gasteiger partial charge in [0.25, 0.3) is 0 Å². The fraction of sp³-hybridized carbons (Fsp3) is 0.333. The van der Waals surface area contributed by atoms with Crippen molar-refractivity contribution in [2.75, 3.05) is 0 Å². The van der Waals surface area contributed by atoms with Crippen molar-refractivity contribution in [2.45, 2.75) is 20.4 Å². The molecule has 74 valence electrons. The van der Waals surface area contributed by atoms with Crippen LogP contribution in [0.3, 0.4) is 0 Å². The fourth-order valence-corrected chi connectivity index (χ4v) is 1.35. The zero-order valence-electron chi connectivity index (χ0n) is 8.11. The third-order valence-corrected chi connectivity index (χ3v) is 2.42. The van der Waals surface area contributed by atoms with Gasteiger partial charge in [0.2, 0.25) is 0 Å². The smallest absolute Gasteiger partial charge is 0.154 e. The third kappa shape index (κ3) is 1.53. The lowest BCUT2D eigenvalue weighted by atomic mass is 10.4. The highest BCUT2D eigenvalue weighted by Gasteiger charge is 2.05. The first-order valence-electron chi connectivity index (χ1n) is 4.45. The molecule has 0 bridgehead atoms. The van der Waals surface area contributed by atoms with Crippen LogP contribution in [-0.2, 0) is 6.54 Å². The minimum Gasteiger partial charge on any atom is -0.271 e. The zero-order chi connectivity index (χ0) is 10.1. The molecule has 0 spiro atoms. The molecule has 5 heteroatoms. The molecule has 0 aliphatic heterocycles. The van der Waals surface area contributed by atoms with Gasteiger partial charge in [-0.05, 0) is 13.8 Å². The Morgan fingerprint density at radius 3 is 2.71 bits per heavy atom. The first-order chi connectivity index (χ1) is 6.70. The molecule has 0 radical (unpaired) electrons. The summed E-state index contributed by atoms with van der Waals surface area (Å²) in [6, 6.07) is 0. The molecular weight excluding hydrogens is 200 g/mol.